The average Bonchev–Trinajstić information content (AvgIpc) is 3.06. The van der Waals surface area contributed by atoms with Gasteiger partial charge in [-0.05, 0) is 36.4 Å². The minimum Gasteiger partial charge on any atom is -0.497 e. The van der Waals surface area contributed by atoms with E-state index in [0.29, 0.717) is 10.8 Å². The highest BCUT2D eigenvalue weighted by molar-refractivity contribution is 7.21. The Balaban J connectivity index is 1.87. The maximum atomic E-state index is 11.0. The number of nitrogens with one attached hydrogen (secondary N) is 1. The van der Waals surface area contributed by atoms with Gasteiger partial charge in [0.15, 0.2) is 11.3 Å². The molecule has 7 heteroatoms. The number of carbonyl (C=O) groups excluding carboxylic acids is 1. The summed E-state index contributed by atoms with van der Waals surface area (Å²) in [6, 6.07) is 11.3. The summed E-state index contributed by atoms with van der Waals surface area (Å²) in [6.45, 7) is 0. The van der Waals surface area contributed by atoms with Crippen molar-refractivity contribution in [3.05, 3.63) is 47.7 Å². The van der Waals surface area contributed by atoms with Crippen LogP contribution in [0.2, 0.25) is 0 Å². The summed E-state index contributed by atoms with van der Waals surface area (Å²) in [5.41, 5.74) is 2.45. The van der Waals surface area contributed by atoms with Gasteiger partial charge in [0.25, 0.3) is 0 Å². The number of nitrogens with zero attached hydrogens (tertiary/aromatic N) is 3. The second kappa shape index (κ2) is 5.86. The number of methoxy groups -OCH3 is 1. The largest absolute Gasteiger partial charge is 0.497 e. The summed E-state index contributed by atoms with van der Waals surface area (Å²) in [5.74, 6) is 1.46. The summed E-state index contributed by atoms with van der Waals surface area (Å²) < 4.78 is 6.06. The van der Waals surface area contributed by atoms with Gasteiger partial charge in [0.05, 0.1) is 28.2 Å². The van der Waals surface area contributed by atoms with Crippen molar-refractivity contribution < 1.29 is 9.53 Å². The monoisotopic (exact) mass is 336 g/mol. The Morgan fingerprint density at radius 2 is 1.88 bits per heavy atom. The van der Waals surface area contributed by atoms with Crippen molar-refractivity contribution in [2.24, 2.45) is 0 Å². The molecule has 0 amide bonds. The lowest BCUT2D eigenvalue weighted by Gasteiger charge is -2.09. The van der Waals surface area contributed by atoms with Gasteiger partial charge >= 0.3 is 0 Å². The highest BCUT2D eigenvalue weighted by atomic mass is 32.1. The second-order valence-corrected chi connectivity index (χ2v) is 6.08. The Morgan fingerprint density at radius 1 is 1.08 bits per heavy atom. The van der Waals surface area contributed by atoms with E-state index >= 15 is 0 Å². The first-order chi connectivity index (χ1) is 11.8. The summed E-state index contributed by atoms with van der Waals surface area (Å²) in [4.78, 5) is 24.0. The number of hydrogen-bond donors (Lipinski definition) is 1. The van der Waals surface area contributed by atoms with E-state index in [-0.39, 0.29) is 0 Å². The van der Waals surface area contributed by atoms with Crippen LogP contribution in [0.15, 0.2) is 42.7 Å². The first-order valence-corrected chi connectivity index (χ1v) is 8.00. The first kappa shape index (κ1) is 14.5. The average molecular weight is 336 g/mol. The van der Waals surface area contributed by atoms with Crippen LogP contribution >= 0.6 is 11.3 Å². The van der Waals surface area contributed by atoms with E-state index in [1.807, 2.05) is 36.4 Å². The molecule has 4 rings (SSSR count). The van der Waals surface area contributed by atoms with Gasteiger partial charge in [-0.1, -0.05) is 0 Å². The predicted octanol–water partition coefficient (Wildman–Crippen LogP) is 3.80. The zero-order valence-electron chi connectivity index (χ0n) is 12.7. The van der Waals surface area contributed by atoms with Gasteiger partial charge in [-0.2, -0.15) is 0 Å². The fourth-order valence-corrected chi connectivity index (χ4v) is 3.43. The van der Waals surface area contributed by atoms with E-state index in [2.05, 4.69) is 20.3 Å². The lowest BCUT2D eigenvalue weighted by atomic mass is 10.2. The normalized spacial score (nSPS) is 10.9. The van der Waals surface area contributed by atoms with Crippen molar-refractivity contribution in [2.75, 3.05) is 12.4 Å². The van der Waals surface area contributed by atoms with Gasteiger partial charge in [-0.25, -0.2) is 15.0 Å². The van der Waals surface area contributed by atoms with Crippen molar-refractivity contribution in [2.45, 2.75) is 0 Å². The quantitative estimate of drug-likeness (QED) is 0.571. The van der Waals surface area contributed by atoms with Crippen molar-refractivity contribution in [3.8, 4) is 5.75 Å². The molecule has 4 aromatic rings. The molecule has 0 aliphatic rings. The smallest absolute Gasteiger partial charge is 0.178 e. The minimum absolute atomic E-state index is 0.441. The van der Waals surface area contributed by atoms with E-state index in [9.17, 15) is 4.79 Å². The molecule has 0 spiro atoms. The Morgan fingerprint density at radius 3 is 2.62 bits per heavy atom. The van der Waals surface area contributed by atoms with E-state index in [4.69, 9.17) is 4.74 Å². The number of aldehydes is 1. The highest BCUT2D eigenvalue weighted by Gasteiger charge is 2.12. The summed E-state index contributed by atoms with van der Waals surface area (Å²) in [6.07, 6.45) is 2.28. The molecule has 0 bridgehead atoms. The fraction of sp³-hybridized carbons (Fsp3) is 0.0588. The van der Waals surface area contributed by atoms with Gasteiger partial charge in [0.2, 0.25) is 0 Å². The number of ether oxygens (including phenoxy) is 1. The van der Waals surface area contributed by atoms with E-state index < -0.39 is 0 Å². The zero-order valence-corrected chi connectivity index (χ0v) is 13.5. The molecule has 6 nitrogen and oxygen atoms in total. The second-order valence-electron chi connectivity index (χ2n) is 5.05. The predicted molar refractivity (Wildman–Crippen MR) is 94.4 cm³/mol. The van der Waals surface area contributed by atoms with Crippen LogP contribution < -0.4 is 10.1 Å². The Labute approximate surface area is 141 Å². The number of aromatic nitrogens is 3. The maximum absolute atomic E-state index is 11.0. The molecule has 0 atom stereocenters. The van der Waals surface area contributed by atoms with Gasteiger partial charge in [-0.15, -0.1) is 11.3 Å². The number of carbonyl (C=O) groups is 1. The minimum atomic E-state index is 0.441. The molecule has 0 unspecified atom stereocenters. The van der Waals surface area contributed by atoms with Gasteiger partial charge < -0.3 is 10.1 Å². The van der Waals surface area contributed by atoms with Gasteiger partial charge in [0.1, 0.15) is 17.9 Å². The molecule has 2 heterocycles. The third kappa shape index (κ3) is 2.44. The molecule has 0 saturated carbocycles. The van der Waals surface area contributed by atoms with E-state index in [0.717, 1.165) is 38.8 Å². The molecule has 0 aliphatic carbocycles. The number of benzene rings is 2. The highest BCUT2D eigenvalue weighted by Crippen LogP contribution is 2.34. The van der Waals surface area contributed by atoms with Crippen molar-refractivity contribution in [1.29, 1.82) is 0 Å². The van der Waals surface area contributed by atoms with Gasteiger partial charge in [0, 0.05) is 5.69 Å². The SMILES string of the molecule is COc1ccc(Nc2ncnc3ccc4nc(C=O)sc4c23)cc1. The standard InChI is InChI=1S/C17H12N4O2S/c1-23-11-4-2-10(3-5-11)20-17-15-12(18-9-19-17)6-7-13-16(15)24-14(8-22)21-13/h2-9H,1H3,(H,18,19,20). The molecule has 0 radical (unpaired) electrons. The molecule has 2 aromatic carbocycles. The summed E-state index contributed by atoms with van der Waals surface area (Å²) in [5, 5.41) is 4.60. The first-order valence-electron chi connectivity index (χ1n) is 7.19. The van der Waals surface area contributed by atoms with Crippen molar-refractivity contribution in [3.63, 3.8) is 0 Å². The lowest BCUT2D eigenvalue weighted by molar-refractivity contribution is 0.112. The summed E-state index contributed by atoms with van der Waals surface area (Å²) >= 11 is 1.34. The fourth-order valence-electron chi connectivity index (χ4n) is 2.50. The van der Waals surface area contributed by atoms with Crippen LogP contribution in [-0.4, -0.2) is 28.3 Å². The molecule has 0 saturated heterocycles. The number of hydrogen-bond acceptors (Lipinski definition) is 7. The number of anilines is 2. The van der Waals surface area contributed by atoms with Gasteiger partial charge in [-0.3, -0.25) is 4.79 Å². The topological polar surface area (TPSA) is 77.0 Å². The van der Waals surface area contributed by atoms with E-state index in [1.54, 1.807) is 7.11 Å². The third-order valence-corrected chi connectivity index (χ3v) is 4.64. The van der Waals surface area contributed by atoms with Crippen LogP contribution in [0, 0.1) is 0 Å². The molecule has 118 valence electrons. The maximum Gasteiger partial charge on any atom is 0.178 e. The Kier molecular flexibility index (Phi) is 3.55. The van der Waals surface area contributed by atoms with Crippen LogP contribution in [0.1, 0.15) is 9.80 Å². The van der Waals surface area contributed by atoms with Crippen molar-refractivity contribution >= 4 is 50.2 Å². The van der Waals surface area contributed by atoms with Crippen LogP contribution in [0.4, 0.5) is 11.5 Å². The number of fused-ring (bicyclic) bond motifs is 3. The Hall–Kier alpha value is -3.06. The summed E-state index contributed by atoms with van der Waals surface area (Å²) in [7, 11) is 1.63. The molecule has 0 fully saturated rings. The zero-order chi connectivity index (χ0) is 16.5. The number of thiazole rings is 1. The molecular weight excluding hydrogens is 324 g/mol. The molecular formula is C17H12N4O2S. The lowest BCUT2D eigenvalue weighted by Crippen LogP contribution is -1.96. The molecule has 2 aromatic heterocycles. The van der Waals surface area contributed by atoms with Crippen LogP contribution in [-0.2, 0) is 0 Å². The molecule has 1 N–H and O–H groups in total. The van der Waals surface area contributed by atoms with Crippen LogP contribution in [0.3, 0.4) is 0 Å². The van der Waals surface area contributed by atoms with Crippen molar-refractivity contribution in [1.82, 2.24) is 15.0 Å². The van der Waals surface area contributed by atoms with Crippen LogP contribution in [0.5, 0.6) is 5.75 Å². The molecule has 0 aliphatic heterocycles. The van der Waals surface area contributed by atoms with E-state index in [1.165, 1.54) is 17.7 Å². The third-order valence-electron chi connectivity index (χ3n) is 3.63. The Bertz CT molecular complexity index is 1040. The van der Waals surface area contributed by atoms with Crippen LogP contribution in [0.25, 0.3) is 21.1 Å². The molecule has 24 heavy (non-hydrogen) atoms. The number of rotatable bonds is 4.